The number of anilines is 1. The van der Waals surface area contributed by atoms with Gasteiger partial charge in [-0.2, -0.15) is 0 Å². The molecule has 0 saturated carbocycles. The third kappa shape index (κ3) is 3.38. The SMILES string of the molecule is CS(=O)(=O)Nc1ccc(Br)cc1/C(N)=N/O. The zero-order chi connectivity index (χ0) is 12.3. The molecule has 88 valence electrons. The smallest absolute Gasteiger partial charge is 0.229 e. The van der Waals surface area contributed by atoms with Crippen molar-refractivity contribution in [3.8, 4) is 0 Å². The zero-order valence-corrected chi connectivity index (χ0v) is 10.7. The summed E-state index contributed by atoms with van der Waals surface area (Å²) < 4.78 is 25.1. The highest BCUT2D eigenvalue weighted by Crippen LogP contribution is 2.21. The molecule has 8 heteroatoms. The maximum Gasteiger partial charge on any atom is 0.229 e. The van der Waals surface area contributed by atoms with Gasteiger partial charge in [0.1, 0.15) is 0 Å². The third-order valence-corrected chi connectivity index (χ3v) is 2.74. The average molecular weight is 308 g/mol. The van der Waals surface area contributed by atoms with Crippen LogP contribution in [0, 0.1) is 0 Å². The van der Waals surface area contributed by atoms with Gasteiger partial charge in [-0.1, -0.05) is 21.1 Å². The van der Waals surface area contributed by atoms with Crippen molar-refractivity contribution >= 4 is 37.5 Å². The highest BCUT2D eigenvalue weighted by molar-refractivity contribution is 9.10. The molecule has 0 aliphatic rings. The first-order valence-corrected chi connectivity index (χ1v) is 6.77. The van der Waals surface area contributed by atoms with Gasteiger partial charge in [-0.3, -0.25) is 4.72 Å². The summed E-state index contributed by atoms with van der Waals surface area (Å²) >= 11 is 3.20. The Morgan fingerprint density at radius 1 is 1.56 bits per heavy atom. The van der Waals surface area contributed by atoms with Crippen LogP contribution in [0.5, 0.6) is 0 Å². The molecule has 0 aliphatic heterocycles. The highest BCUT2D eigenvalue weighted by Gasteiger charge is 2.11. The molecule has 0 amide bonds. The molecule has 1 aromatic carbocycles. The third-order valence-electron chi connectivity index (χ3n) is 1.66. The lowest BCUT2D eigenvalue weighted by Crippen LogP contribution is -2.18. The molecule has 0 fully saturated rings. The molecule has 0 spiro atoms. The highest BCUT2D eigenvalue weighted by atomic mass is 79.9. The minimum atomic E-state index is -3.41. The van der Waals surface area contributed by atoms with Gasteiger partial charge in [-0.15, -0.1) is 0 Å². The number of hydrogen-bond donors (Lipinski definition) is 3. The van der Waals surface area contributed by atoms with Gasteiger partial charge in [0.15, 0.2) is 5.84 Å². The minimum Gasteiger partial charge on any atom is -0.409 e. The van der Waals surface area contributed by atoms with E-state index in [1.165, 1.54) is 6.07 Å². The van der Waals surface area contributed by atoms with Crippen molar-refractivity contribution in [3.05, 3.63) is 28.2 Å². The lowest BCUT2D eigenvalue weighted by atomic mass is 10.2. The number of hydrogen-bond acceptors (Lipinski definition) is 4. The van der Waals surface area contributed by atoms with Gasteiger partial charge in [0.25, 0.3) is 0 Å². The van der Waals surface area contributed by atoms with Crippen LogP contribution < -0.4 is 10.5 Å². The number of nitrogens with one attached hydrogen (secondary N) is 1. The molecule has 0 aromatic heterocycles. The van der Waals surface area contributed by atoms with Crippen molar-refractivity contribution in [2.45, 2.75) is 0 Å². The molecule has 0 saturated heterocycles. The average Bonchev–Trinajstić information content (AvgIpc) is 2.17. The maximum absolute atomic E-state index is 11.1. The molecule has 0 heterocycles. The van der Waals surface area contributed by atoms with Crippen molar-refractivity contribution in [3.63, 3.8) is 0 Å². The summed E-state index contributed by atoms with van der Waals surface area (Å²) in [5.74, 6) is -0.174. The van der Waals surface area contributed by atoms with Gasteiger partial charge in [0.05, 0.1) is 11.9 Å². The van der Waals surface area contributed by atoms with Crippen LogP contribution in [0.15, 0.2) is 27.8 Å². The molecule has 4 N–H and O–H groups in total. The Hall–Kier alpha value is -1.28. The summed E-state index contributed by atoms with van der Waals surface area (Å²) in [5.41, 5.74) is 5.97. The second kappa shape index (κ2) is 4.71. The second-order valence-electron chi connectivity index (χ2n) is 3.05. The fourth-order valence-corrected chi connectivity index (χ4v) is 2.01. The zero-order valence-electron chi connectivity index (χ0n) is 8.31. The quantitative estimate of drug-likeness (QED) is 0.334. The van der Waals surface area contributed by atoms with Crippen molar-refractivity contribution in [1.29, 1.82) is 0 Å². The van der Waals surface area contributed by atoms with E-state index in [1.54, 1.807) is 12.1 Å². The number of nitrogens with two attached hydrogens (primary N) is 1. The molecular weight excluding hydrogens is 298 g/mol. The number of halogens is 1. The molecule has 1 rings (SSSR count). The Balaban J connectivity index is 3.29. The number of sulfonamides is 1. The van der Waals surface area contributed by atoms with Gasteiger partial charge >= 0.3 is 0 Å². The molecular formula is C8H10BrN3O3S. The lowest BCUT2D eigenvalue weighted by molar-refractivity contribution is 0.318. The van der Waals surface area contributed by atoms with E-state index in [4.69, 9.17) is 10.9 Å². The fraction of sp³-hybridized carbons (Fsp3) is 0.125. The van der Waals surface area contributed by atoms with E-state index in [1.807, 2.05) is 0 Å². The summed E-state index contributed by atoms with van der Waals surface area (Å²) in [6, 6.07) is 4.70. The largest absolute Gasteiger partial charge is 0.409 e. The van der Waals surface area contributed by atoms with Crippen LogP contribution in [0.4, 0.5) is 5.69 Å². The Morgan fingerprint density at radius 3 is 2.69 bits per heavy atom. The molecule has 0 aliphatic carbocycles. The van der Waals surface area contributed by atoms with Gasteiger partial charge in [-0.05, 0) is 18.2 Å². The first-order chi connectivity index (χ1) is 7.33. The van der Waals surface area contributed by atoms with Crippen LogP contribution in [-0.4, -0.2) is 25.7 Å². The summed E-state index contributed by atoms with van der Waals surface area (Å²) in [7, 11) is -3.41. The van der Waals surface area contributed by atoms with Crippen molar-refractivity contribution in [1.82, 2.24) is 0 Å². The number of rotatable bonds is 3. The standard InChI is InChI=1S/C8H10BrN3O3S/c1-16(14,15)12-7-3-2-5(9)4-6(7)8(10)11-13/h2-4,12-13H,1H3,(H2,10,11). The van der Waals surface area contributed by atoms with Crippen LogP contribution in [0.2, 0.25) is 0 Å². The minimum absolute atomic E-state index is 0.174. The molecule has 16 heavy (non-hydrogen) atoms. The van der Waals surface area contributed by atoms with E-state index in [0.29, 0.717) is 10.0 Å². The van der Waals surface area contributed by atoms with Gasteiger partial charge < -0.3 is 10.9 Å². The maximum atomic E-state index is 11.1. The Morgan fingerprint density at radius 2 is 2.19 bits per heavy atom. The van der Waals surface area contributed by atoms with Gasteiger partial charge in [-0.25, -0.2) is 8.42 Å². The molecule has 0 atom stereocenters. The van der Waals surface area contributed by atoms with Crippen molar-refractivity contribution < 1.29 is 13.6 Å². The summed E-state index contributed by atoms with van der Waals surface area (Å²) in [6.45, 7) is 0. The lowest BCUT2D eigenvalue weighted by Gasteiger charge is -2.09. The van der Waals surface area contributed by atoms with Crippen LogP contribution >= 0.6 is 15.9 Å². The van der Waals surface area contributed by atoms with E-state index in [9.17, 15) is 8.42 Å². The number of amidine groups is 1. The second-order valence-corrected chi connectivity index (χ2v) is 5.71. The molecule has 6 nitrogen and oxygen atoms in total. The summed E-state index contributed by atoms with van der Waals surface area (Å²) in [6.07, 6.45) is 1.02. The number of oxime groups is 1. The van der Waals surface area contributed by atoms with Gasteiger partial charge in [0, 0.05) is 10.0 Å². The van der Waals surface area contributed by atoms with E-state index in [-0.39, 0.29) is 11.5 Å². The van der Waals surface area contributed by atoms with Crippen LogP contribution in [0.3, 0.4) is 0 Å². The Labute approximate surface area is 101 Å². The fourth-order valence-electron chi connectivity index (χ4n) is 1.07. The van der Waals surface area contributed by atoms with E-state index in [2.05, 4.69) is 25.8 Å². The Bertz CT molecular complexity index is 527. The predicted octanol–water partition coefficient (Wildman–Crippen LogP) is 0.915. The van der Waals surface area contributed by atoms with Crippen molar-refractivity contribution in [2.24, 2.45) is 10.9 Å². The molecule has 0 bridgehead atoms. The van der Waals surface area contributed by atoms with Crippen LogP contribution in [-0.2, 0) is 10.0 Å². The van der Waals surface area contributed by atoms with E-state index < -0.39 is 10.0 Å². The van der Waals surface area contributed by atoms with Crippen LogP contribution in [0.1, 0.15) is 5.56 Å². The summed E-state index contributed by atoms with van der Waals surface area (Å²) in [5, 5.41) is 11.4. The van der Waals surface area contributed by atoms with Crippen LogP contribution in [0.25, 0.3) is 0 Å². The first kappa shape index (κ1) is 12.8. The number of benzene rings is 1. The predicted molar refractivity (Wildman–Crippen MR) is 65.1 cm³/mol. The number of nitrogens with zero attached hydrogens (tertiary/aromatic N) is 1. The van der Waals surface area contributed by atoms with E-state index in [0.717, 1.165) is 6.26 Å². The summed E-state index contributed by atoms with van der Waals surface area (Å²) in [4.78, 5) is 0. The normalized spacial score (nSPS) is 12.5. The molecule has 1 aromatic rings. The molecule has 0 radical (unpaired) electrons. The monoisotopic (exact) mass is 307 g/mol. The Kier molecular flexibility index (Phi) is 3.76. The topological polar surface area (TPSA) is 105 Å². The van der Waals surface area contributed by atoms with Crippen molar-refractivity contribution in [2.75, 3.05) is 11.0 Å². The molecule has 0 unspecified atom stereocenters. The van der Waals surface area contributed by atoms with E-state index >= 15 is 0 Å². The van der Waals surface area contributed by atoms with Gasteiger partial charge in [0.2, 0.25) is 10.0 Å². The first-order valence-electron chi connectivity index (χ1n) is 4.09.